The molecule has 4 nitrogen and oxygen atoms in total. The molecule has 1 atom stereocenters. The van der Waals surface area contributed by atoms with Crippen molar-refractivity contribution in [3.05, 3.63) is 67.8 Å². The van der Waals surface area contributed by atoms with Crippen LogP contribution >= 0.6 is 35.2 Å². The molecule has 25 heavy (non-hydrogen) atoms. The quantitative estimate of drug-likeness (QED) is 0.623. The number of rotatable bonds is 7. The number of thiophene rings is 1. The Morgan fingerprint density at radius 3 is 2.60 bits per heavy atom. The molecular weight excluding hydrogens is 372 g/mol. The SMILES string of the molecule is CC[NH+](Cc1ccc(Cl)s1)Cn1nc(Cc2ccccc2)n(C)c1=S. The van der Waals surface area contributed by atoms with Crippen molar-refractivity contribution >= 4 is 35.2 Å². The molecule has 2 aromatic heterocycles. The van der Waals surface area contributed by atoms with E-state index < -0.39 is 0 Å². The van der Waals surface area contributed by atoms with Gasteiger partial charge in [0, 0.05) is 13.5 Å². The molecule has 0 aliphatic carbocycles. The van der Waals surface area contributed by atoms with Gasteiger partial charge in [0.15, 0.2) is 6.67 Å². The van der Waals surface area contributed by atoms with E-state index in [1.54, 1.807) is 11.3 Å². The van der Waals surface area contributed by atoms with Gasteiger partial charge in [-0.25, -0.2) is 0 Å². The zero-order chi connectivity index (χ0) is 17.8. The average molecular weight is 394 g/mol. The number of nitrogens with zero attached hydrogens (tertiary/aromatic N) is 3. The van der Waals surface area contributed by atoms with Crippen molar-refractivity contribution in [1.82, 2.24) is 14.3 Å². The number of hydrogen-bond donors (Lipinski definition) is 1. The highest BCUT2D eigenvalue weighted by atomic mass is 35.5. The van der Waals surface area contributed by atoms with Crippen molar-refractivity contribution in [2.45, 2.75) is 26.6 Å². The molecule has 0 amide bonds. The molecule has 132 valence electrons. The monoisotopic (exact) mass is 393 g/mol. The lowest BCUT2D eigenvalue weighted by Crippen LogP contribution is -3.09. The van der Waals surface area contributed by atoms with Gasteiger partial charge in [0.1, 0.15) is 12.4 Å². The van der Waals surface area contributed by atoms with Crippen LogP contribution in [0.1, 0.15) is 23.2 Å². The first kappa shape index (κ1) is 18.3. The molecule has 1 N–H and O–H groups in total. The second kappa shape index (κ2) is 8.27. The first-order chi connectivity index (χ1) is 12.1. The fourth-order valence-electron chi connectivity index (χ4n) is 2.77. The fourth-order valence-corrected chi connectivity index (χ4v) is 4.14. The number of aromatic nitrogens is 3. The Bertz CT molecular complexity index is 882. The Morgan fingerprint density at radius 2 is 1.96 bits per heavy atom. The van der Waals surface area contributed by atoms with Gasteiger partial charge >= 0.3 is 0 Å². The molecule has 1 unspecified atom stereocenters. The average Bonchev–Trinajstić information content (AvgIpc) is 3.14. The second-order valence-electron chi connectivity index (χ2n) is 6.06. The molecule has 2 heterocycles. The van der Waals surface area contributed by atoms with Crippen molar-refractivity contribution in [2.75, 3.05) is 6.54 Å². The summed E-state index contributed by atoms with van der Waals surface area (Å²) in [6, 6.07) is 14.4. The van der Waals surface area contributed by atoms with E-state index in [1.807, 2.05) is 28.4 Å². The first-order valence-electron chi connectivity index (χ1n) is 8.31. The summed E-state index contributed by atoms with van der Waals surface area (Å²) in [7, 11) is 1.99. The van der Waals surface area contributed by atoms with Crippen LogP contribution in [0.4, 0.5) is 0 Å². The van der Waals surface area contributed by atoms with E-state index in [2.05, 4.69) is 37.3 Å². The zero-order valence-corrected chi connectivity index (χ0v) is 16.8. The summed E-state index contributed by atoms with van der Waals surface area (Å²) >= 11 is 13.3. The maximum atomic E-state index is 6.05. The van der Waals surface area contributed by atoms with Crippen molar-refractivity contribution in [1.29, 1.82) is 0 Å². The molecule has 0 saturated heterocycles. The molecule has 0 bridgehead atoms. The summed E-state index contributed by atoms with van der Waals surface area (Å²) in [6.07, 6.45) is 0.788. The largest absolute Gasteiger partial charge is 0.312 e. The number of quaternary nitrogens is 1. The topological polar surface area (TPSA) is 27.2 Å². The molecule has 0 spiro atoms. The van der Waals surface area contributed by atoms with Crippen LogP contribution < -0.4 is 4.90 Å². The highest BCUT2D eigenvalue weighted by molar-refractivity contribution is 7.71. The normalized spacial score (nSPS) is 12.4. The summed E-state index contributed by atoms with van der Waals surface area (Å²) in [4.78, 5) is 2.69. The van der Waals surface area contributed by atoms with Gasteiger partial charge in [-0.15, -0.1) is 11.3 Å². The maximum absolute atomic E-state index is 6.05. The van der Waals surface area contributed by atoms with E-state index in [0.717, 1.165) is 41.1 Å². The third-order valence-corrected chi connectivity index (χ3v) is 5.98. The van der Waals surface area contributed by atoms with Gasteiger partial charge in [0.25, 0.3) is 0 Å². The van der Waals surface area contributed by atoms with E-state index in [0.29, 0.717) is 0 Å². The zero-order valence-electron chi connectivity index (χ0n) is 14.4. The molecule has 3 aromatic rings. The van der Waals surface area contributed by atoms with Gasteiger partial charge in [-0.2, -0.15) is 9.78 Å². The number of nitrogens with one attached hydrogen (secondary N) is 1. The lowest BCUT2D eigenvalue weighted by molar-refractivity contribution is -0.935. The van der Waals surface area contributed by atoms with Crippen LogP contribution in [0.15, 0.2) is 42.5 Å². The summed E-state index contributed by atoms with van der Waals surface area (Å²) in [6.45, 7) is 4.87. The van der Waals surface area contributed by atoms with Crippen LogP contribution in [0.25, 0.3) is 0 Å². The predicted octanol–water partition coefficient (Wildman–Crippen LogP) is 3.32. The Morgan fingerprint density at radius 1 is 1.20 bits per heavy atom. The van der Waals surface area contributed by atoms with Crippen LogP contribution in [0.5, 0.6) is 0 Å². The number of benzene rings is 1. The third kappa shape index (κ3) is 4.58. The highest BCUT2D eigenvalue weighted by Gasteiger charge is 2.14. The van der Waals surface area contributed by atoms with Gasteiger partial charge in [-0.05, 0) is 36.8 Å². The summed E-state index contributed by atoms with van der Waals surface area (Å²) < 4.78 is 5.56. The van der Waals surface area contributed by atoms with Crippen molar-refractivity contribution in [3.63, 3.8) is 0 Å². The van der Waals surface area contributed by atoms with E-state index in [1.165, 1.54) is 15.3 Å². The van der Waals surface area contributed by atoms with Crippen LogP contribution in [0, 0.1) is 4.77 Å². The van der Waals surface area contributed by atoms with Crippen molar-refractivity contribution in [2.24, 2.45) is 7.05 Å². The maximum Gasteiger partial charge on any atom is 0.202 e. The van der Waals surface area contributed by atoms with Gasteiger partial charge in [-0.1, -0.05) is 41.9 Å². The smallest absolute Gasteiger partial charge is 0.202 e. The van der Waals surface area contributed by atoms with E-state index in [4.69, 9.17) is 28.9 Å². The fraction of sp³-hybridized carbons (Fsp3) is 0.333. The molecule has 0 fully saturated rings. The lowest BCUT2D eigenvalue weighted by Gasteiger charge is -2.16. The minimum absolute atomic E-state index is 0.757. The Kier molecular flexibility index (Phi) is 6.06. The van der Waals surface area contributed by atoms with Gasteiger partial charge in [-0.3, -0.25) is 0 Å². The first-order valence-corrected chi connectivity index (χ1v) is 9.91. The third-order valence-electron chi connectivity index (χ3n) is 4.26. The molecule has 0 saturated carbocycles. The van der Waals surface area contributed by atoms with Gasteiger partial charge in [0.05, 0.1) is 15.8 Å². The van der Waals surface area contributed by atoms with E-state index in [-0.39, 0.29) is 0 Å². The van der Waals surface area contributed by atoms with Crippen molar-refractivity contribution < 1.29 is 4.90 Å². The van der Waals surface area contributed by atoms with Crippen LogP contribution in [-0.2, 0) is 26.7 Å². The standard InChI is InChI=1S/C18H21ClN4S2/c1-3-22(12-15-9-10-16(19)25-15)13-23-18(24)21(2)17(20-23)11-14-7-5-4-6-8-14/h4-10H,3,11-13H2,1-2H3/p+1. The Labute approximate surface area is 162 Å². The van der Waals surface area contributed by atoms with Crippen LogP contribution in [0.3, 0.4) is 0 Å². The predicted molar refractivity (Wildman–Crippen MR) is 106 cm³/mol. The molecule has 3 rings (SSSR count). The Balaban J connectivity index is 1.75. The Hall–Kier alpha value is -1.47. The lowest BCUT2D eigenvalue weighted by atomic mass is 10.1. The molecule has 0 aliphatic heterocycles. The summed E-state index contributed by atoms with van der Waals surface area (Å²) in [5, 5.41) is 4.77. The number of halogens is 1. The molecule has 7 heteroatoms. The van der Waals surface area contributed by atoms with Gasteiger partial charge < -0.3 is 9.47 Å². The minimum Gasteiger partial charge on any atom is -0.312 e. The minimum atomic E-state index is 0.757. The summed E-state index contributed by atoms with van der Waals surface area (Å²) in [5.74, 6) is 0.992. The molecule has 1 aromatic carbocycles. The summed E-state index contributed by atoms with van der Waals surface area (Å²) in [5.41, 5.74) is 1.24. The van der Waals surface area contributed by atoms with E-state index >= 15 is 0 Å². The van der Waals surface area contributed by atoms with Gasteiger partial charge in [0.2, 0.25) is 4.77 Å². The van der Waals surface area contributed by atoms with Crippen LogP contribution in [-0.4, -0.2) is 20.9 Å². The van der Waals surface area contributed by atoms with Crippen LogP contribution in [0.2, 0.25) is 4.34 Å². The molecule has 0 radical (unpaired) electrons. The molecular formula is C18H22ClN4S2+. The van der Waals surface area contributed by atoms with E-state index in [9.17, 15) is 0 Å². The molecule has 0 aliphatic rings. The van der Waals surface area contributed by atoms with Crippen molar-refractivity contribution in [3.8, 4) is 0 Å². The second-order valence-corrected chi connectivity index (χ2v) is 8.23. The number of hydrogen-bond acceptors (Lipinski definition) is 3. The highest BCUT2D eigenvalue weighted by Crippen LogP contribution is 2.20.